The molecule has 5 aromatic rings. The van der Waals surface area contributed by atoms with Crippen LogP contribution in [0.1, 0.15) is 63.9 Å². The van der Waals surface area contributed by atoms with Crippen LogP contribution in [-0.2, 0) is 27.4 Å². The Labute approximate surface area is 351 Å². The number of imidazole rings is 1. The molecule has 0 spiro atoms. The van der Waals surface area contributed by atoms with E-state index in [1.165, 1.54) is 12.1 Å². The highest BCUT2D eigenvalue weighted by Gasteiger charge is 2.39. The number of carbonyl (C=O) groups excluding carboxylic acids is 4. The smallest absolute Gasteiger partial charge is 0.255 e. The second-order valence-electron chi connectivity index (χ2n) is 16.4. The molecule has 0 aliphatic carbocycles. The molecule has 3 aromatic heterocycles. The topological polar surface area (TPSA) is 157 Å². The maximum absolute atomic E-state index is 13.8. The van der Waals surface area contributed by atoms with Crippen molar-refractivity contribution in [3.63, 3.8) is 0 Å². The fourth-order valence-corrected chi connectivity index (χ4v) is 9.44. The van der Waals surface area contributed by atoms with Gasteiger partial charge in [0.1, 0.15) is 23.3 Å². The van der Waals surface area contributed by atoms with E-state index in [0.717, 1.165) is 105 Å². The van der Waals surface area contributed by atoms with Crippen molar-refractivity contribution in [1.82, 2.24) is 34.8 Å². The van der Waals surface area contributed by atoms with E-state index in [1.54, 1.807) is 17.3 Å². The lowest BCUT2D eigenvalue weighted by Crippen LogP contribution is -2.52. The molecule has 8 heterocycles. The lowest BCUT2D eigenvalue weighted by molar-refractivity contribution is -0.136. The molecule has 1 atom stereocenters. The van der Waals surface area contributed by atoms with Crippen LogP contribution in [0.4, 0.5) is 27.3 Å². The van der Waals surface area contributed by atoms with Crippen molar-refractivity contribution >= 4 is 52.2 Å². The number of rotatable bonds is 11. The van der Waals surface area contributed by atoms with Crippen molar-refractivity contribution in [2.24, 2.45) is 0 Å². The van der Waals surface area contributed by atoms with Crippen LogP contribution in [0.15, 0.2) is 73.2 Å². The van der Waals surface area contributed by atoms with Crippen LogP contribution in [0.2, 0.25) is 0 Å². The molecule has 1 unspecified atom stereocenters. The zero-order chi connectivity index (χ0) is 41.6. The number of amides is 4. The Morgan fingerprint density at radius 3 is 2.44 bits per heavy atom. The van der Waals surface area contributed by atoms with E-state index in [-0.39, 0.29) is 42.0 Å². The predicted octanol–water partition coefficient (Wildman–Crippen LogP) is 4.48. The number of halogens is 1. The van der Waals surface area contributed by atoms with Crippen LogP contribution in [0.25, 0.3) is 16.9 Å². The number of benzene rings is 2. The number of aromatic nitrogens is 3. The van der Waals surface area contributed by atoms with Crippen LogP contribution in [0.3, 0.4) is 0 Å². The number of nitrogens with zero attached hydrogens (tertiary/aromatic N) is 7. The lowest BCUT2D eigenvalue weighted by Gasteiger charge is -2.36. The number of imide groups is 1. The average Bonchev–Trinajstić information content (AvgIpc) is 3.98. The lowest BCUT2D eigenvalue weighted by atomic mass is 9.99. The molecule has 61 heavy (non-hydrogen) atoms. The molecule has 5 aliphatic rings. The fourth-order valence-electron chi connectivity index (χ4n) is 9.44. The Balaban J connectivity index is 0.658. The molecular formula is C45H47FN10O5. The molecule has 3 N–H and O–H groups in total. The number of fused-ring (bicyclic) bond motifs is 3. The molecule has 5 aliphatic heterocycles. The Morgan fingerprint density at radius 1 is 0.836 bits per heavy atom. The number of hydrogen-bond acceptors (Lipinski definition) is 11. The van der Waals surface area contributed by atoms with Gasteiger partial charge in [-0.3, -0.25) is 33.8 Å². The van der Waals surface area contributed by atoms with Gasteiger partial charge < -0.3 is 30.1 Å². The normalized spacial score (nSPS) is 19.7. The van der Waals surface area contributed by atoms with E-state index in [2.05, 4.69) is 47.8 Å². The molecule has 0 saturated carbocycles. The van der Waals surface area contributed by atoms with E-state index in [0.29, 0.717) is 47.8 Å². The van der Waals surface area contributed by atoms with Crippen molar-refractivity contribution in [3.8, 4) is 11.3 Å². The number of piperidine rings is 2. The third-order valence-corrected chi connectivity index (χ3v) is 12.8. The first-order valence-corrected chi connectivity index (χ1v) is 21.2. The molecule has 2 aromatic carbocycles. The van der Waals surface area contributed by atoms with Gasteiger partial charge in [-0.15, -0.1) is 0 Å². The Bertz CT molecular complexity index is 2530. The van der Waals surface area contributed by atoms with Gasteiger partial charge in [0, 0.05) is 101 Å². The van der Waals surface area contributed by atoms with Gasteiger partial charge in [-0.2, -0.15) is 0 Å². The highest BCUT2D eigenvalue weighted by molar-refractivity contribution is 6.06. The molecule has 16 heteroatoms. The van der Waals surface area contributed by atoms with Crippen molar-refractivity contribution in [1.29, 1.82) is 0 Å². The number of hydrogen-bond donors (Lipinski definition) is 3. The van der Waals surface area contributed by atoms with E-state index in [9.17, 15) is 23.6 Å². The second kappa shape index (κ2) is 16.2. The van der Waals surface area contributed by atoms with Crippen LogP contribution in [-0.4, -0.2) is 112 Å². The summed E-state index contributed by atoms with van der Waals surface area (Å²) in [7, 11) is 0. The first kappa shape index (κ1) is 38.8. The molecule has 0 radical (unpaired) electrons. The molecular weight excluding hydrogens is 780 g/mol. The summed E-state index contributed by atoms with van der Waals surface area (Å²) < 4.78 is 22.0. The number of nitrogens with one attached hydrogen (secondary N) is 3. The number of carbonyl (C=O) groups is 4. The molecule has 314 valence electrons. The van der Waals surface area contributed by atoms with Gasteiger partial charge in [-0.25, -0.2) is 14.4 Å². The van der Waals surface area contributed by atoms with Gasteiger partial charge in [0.2, 0.25) is 11.8 Å². The Hall–Kier alpha value is -6.39. The van der Waals surface area contributed by atoms with E-state index < -0.39 is 6.04 Å². The quantitative estimate of drug-likeness (QED) is 0.128. The van der Waals surface area contributed by atoms with Crippen LogP contribution in [0, 0.1) is 5.82 Å². The van der Waals surface area contributed by atoms with Gasteiger partial charge in [-0.05, 0) is 79.3 Å². The van der Waals surface area contributed by atoms with E-state index in [1.807, 2.05) is 40.9 Å². The van der Waals surface area contributed by atoms with Gasteiger partial charge in [-0.1, -0.05) is 6.07 Å². The molecule has 3 saturated heterocycles. The zero-order valence-corrected chi connectivity index (χ0v) is 33.7. The summed E-state index contributed by atoms with van der Waals surface area (Å²) in [4.78, 5) is 68.0. The fraction of sp³-hybridized carbons (Fsp3) is 0.378. The summed E-state index contributed by atoms with van der Waals surface area (Å²) in [6.07, 6.45) is 8.95. The summed E-state index contributed by atoms with van der Waals surface area (Å²) in [5.41, 5.74) is 7.97. The Morgan fingerprint density at radius 2 is 1.64 bits per heavy atom. The highest BCUT2D eigenvalue weighted by Crippen LogP contribution is 2.36. The first-order valence-electron chi connectivity index (χ1n) is 21.2. The maximum Gasteiger partial charge on any atom is 0.255 e. The SMILES string of the molecule is O=C1CCC(N2Cc3cc(N4CCN(CCCOC5CCN(c6ccc(Nc7ccc(-c8cnc9cc(F)ccn89)c8c7C(=O)NC8)nc6)CC5)CC4)ccc3C2=O)C(=O)N1. The summed E-state index contributed by atoms with van der Waals surface area (Å²) in [5, 5.41) is 8.67. The minimum Gasteiger partial charge on any atom is -0.378 e. The van der Waals surface area contributed by atoms with Crippen LogP contribution in [0.5, 0.6) is 0 Å². The van der Waals surface area contributed by atoms with Crippen molar-refractivity contribution in [3.05, 3.63) is 101 Å². The Kier molecular flexibility index (Phi) is 10.3. The van der Waals surface area contributed by atoms with Crippen molar-refractivity contribution in [2.45, 2.75) is 57.3 Å². The number of anilines is 4. The largest absolute Gasteiger partial charge is 0.378 e. The highest BCUT2D eigenvalue weighted by atomic mass is 19.1. The zero-order valence-electron chi connectivity index (χ0n) is 33.7. The minimum absolute atomic E-state index is 0.144. The molecule has 10 rings (SSSR count). The van der Waals surface area contributed by atoms with E-state index in [4.69, 9.17) is 9.72 Å². The van der Waals surface area contributed by atoms with Gasteiger partial charge in [0.05, 0.1) is 41.1 Å². The summed E-state index contributed by atoms with van der Waals surface area (Å²) >= 11 is 0. The number of pyridine rings is 2. The first-order chi connectivity index (χ1) is 29.8. The molecule has 15 nitrogen and oxygen atoms in total. The third kappa shape index (κ3) is 7.65. The summed E-state index contributed by atoms with van der Waals surface area (Å²) in [6, 6.07) is 16.0. The van der Waals surface area contributed by atoms with Crippen molar-refractivity contribution < 1.29 is 28.3 Å². The third-order valence-electron chi connectivity index (χ3n) is 12.8. The van der Waals surface area contributed by atoms with Gasteiger partial charge >= 0.3 is 0 Å². The summed E-state index contributed by atoms with van der Waals surface area (Å²) in [6.45, 7) is 7.98. The molecule has 4 amide bonds. The maximum atomic E-state index is 13.8. The molecule has 0 bridgehead atoms. The van der Waals surface area contributed by atoms with Gasteiger partial charge in [0.15, 0.2) is 0 Å². The van der Waals surface area contributed by atoms with Crippen molar-refractivity contribution in [2.75, 3.05) is 67.5 Å². The van der Waals surface area contributed by atoms with Gasteiger partial charge in [0.25, 0.3) is 11.8 Å². The minimum atomic E-state index is -0.604. The number of piperazine rings is 1. The standard InChI is InChI=1S/C45H47FN10O5/c46-29-10-16-55-38(26-48-40(55)23-29)34-5-6-36(42-35(34)25-49-44(42)59)50-39-8-3-31(24-47-39)53-14-11-32(12-15-53)61-21-1-13-52-17-19-54(20-18-52)30-2-4-33-28(22-30)27-56(45(33)60)37-7-9-41(57)51-43(37)58/h2-6,8,10,16,22-24,26,32,37H,1,7,9,11-15,17-21,25,27H2,(H,47,50)(H,49,59)(H,51,57,58). The predicted molar refractivity (Wildman–Crippen MR) is 226 cm³/mol. The number of ether oxygens (including phenoxy) is 1. The van der Waals surface area contributed by atoms with E-state index >= 15 is 0 Å². The summed E-state index contributed by atoms with van der Waals surface area (Å²) in [5.74, 6) is -0.680. The average molecular weight is 827 g/mol. The van der Waals surface area contributed by atoms with Crippen LogP contribution < -0.4 is 25.8 Å². The second-order valence-corrected chi connectivity index (χ2v) is 16.4. The van der Waals surface area contributed by atoms with Crippen LogP contribution >= 0.6 is 0 Å². The molecule has 3 fully saturated rings. The monoisotopic (exact) mass is 826 g/mol.